The lowest BCUT2D eigenvalue weighted by atomic mass is 9.96. The van der Waals surface area contributed by atoms with Crippen molar-refractivity contribution in [2.75, 3.05) is 4.90 Å². The number of pyridine rings is 1. The minimum atomic E-state index is -0.112. The van der Waals surface area contributed by atoms with Gasteiger partial charge in [-0.2, -0.15) is 0 Å². The number of rotatable bonds is 6. The molecule has 1 fully saturated rings. The molecule has 2 atom stereocenters. The summed E-state index contributed by atoms with van der Waals surface area (Å²) in [6, 6.07) is 31.0. The summed E-state index contributed by atoms with van der Waals surface area (Å²) in [4.78, 5) is 6.96. The molecule has 0 spiro atoms. The summed E-state index contributed by atoms with van der Waals surface area (Å²) in [5, 5.41) is 4.28. The van der Waals surface area contributed by atoms with Crippen LogP contribution in [0.5, 0.6) is 11.5 Å². The highest BCUT2D eigenvalue weighted by Crippen LogP contribution is 2.44. The molecule has 6 heteroatoms. The van der Waals surface area contributed by atoms with Crippen LogP contribution in [0.3, 0.4) is 0 Å². The second kappa shape index (κ2) is 10.9. The van der Waals surface area contributed by atoms with E-state index in [0.29, 0.717) is 5.11 Å². The zero-order chi connectivity index (χ0) is 28.7. The Morgan fingerprint density at radius 2 is 1.56 bits per heavy atom. The van der Waals surface area contributed by atoms with E-state index in [0.717, 1.165) is 28.4 Å². The fraction of sp³-hybridized carbons (Fsp3) is 0.200. The maximum atomic E-state index is 6.18. The lowest BCUT2D eigenvalue weighted by Crippen LogP contribution is -2.29. The Kier molecular flexibility index (Phi) is 7.10. The van der Waals surface area contributed by atoms with E-state index >= 15 is 0 Å². The van der Waals surface area contributed by atoms with Crippen molar-refractivity contribution < 1.29 is 4.74 Å². The quantitative estimate of drug-likeness (QED) is 0.212. The van der Waals surface area contributed by atoms with E-state index in [1.807, 2.05) is 48.7 Å². The maximum Gasteiger partial charge on any atom is 0.174 e. The van der Waals surface area contributed by atoms with Crippen LogP contribution in [0.4, 0.5) is 5.69 Å². The predicted molar refractivity (Wildman–Crippen MR) is 170 cm³/mol. The van der Waals surface area contributed by atoms with E-state index in [1.165, 1.54) is 33.8 Å². The van der Waals surface area contributed by atoms with Gasteiger partial charge in [0.15, 0.2) is 5.11 Å². The molecule has 0 bridgehead atoms. The SMILES string of the molecule is Cc1ccc(C)c(-n2c(C)cc([C@@H]3[C@H](c4ccccn4)NC(=S)N3c3ccc(Oc4ccccc4C)cc3)c2C)c1. The number of nitrogens with one attached hydrogen (secondary N) is 1. The first-order chi connectivity index (χ1) is 19.8. The minimum absolute atomic E-state index is 0.0920. The summed E-state index contributed by atoms with van der Waals surface area (Å²) in [6.07, 6.45) is 1.84. The van der Waals surface area contributed by atoms with E-state index in [1.54, 1.807) is 0 Å². The smallest absolute Gasteiger partial charge is 0.174 e. The standard InChI is InChI=1S/C35H34N4OS/c1-22-13-14-23(2)31(20-22)38-25(4)21-29(26(38)5)34-33(30-11-8-9-19-36-30)37-35(41)39(34)27-15-17-28(18-16-27)40-32-12-7-6-10-24(32)3/h6-21,33-34H,1-5H3,(H,37,41)/t33-,34+/m0/s1. The highest BCUT2D eigenvalue weighted by atomic mass is 32.1. The van der Waals surface area contributed by atoms with Crippen LogP contribution >= 0.6 is 12.2 Å². The molecule has 3 aromatic carbocycles. The highest BCUT2D eigenvalue weighted by molar-refractivity contribution is 7.80. The molecule has 41 heavy (non-hydrogen) atoms. The number of hydrogen-bond acceptors (Lipinski definition) is 3. The summed E-state index contributed by atoms with van der Waals surface area (Å²) in [7, 11) is 0. The molecule has 1 aliphatic heterocycles. The molecule has 1 aliphatic rings. The Labute approximate surface area is 247 Å². The van der Waals surface area contributed by atoms with Gasteiger partial charge in [-0.1, -0.05) is 36.4 Å². The molecule has 6 rings (SSSR count). The molecule has 0 amide bonds. The number of para-hydroxylation sites is 1. The number of aryl methyl sites for hydroxylation is 4. The molecule has 0 unspecified atom stereocenters. The summed E-state index contributed by atoms with van der Waals surface area (Å²) >= 11 is 5.99. The third-order valence-corrected chi connectivity index (χ3v) is 8.24. The molecule has 2 aromatic heterocycles. The zero-order valence-corrected chi connectivity index (χ0v) is 24.9. The van der Waals surface area contributed by atoms with Crippen LogP contribution in [0, 0.1) is 34.6 Å². The van der Waals surface area contributed by atoms with Gasteiger partial charge in [0, 0.05) is 29.0 Å². The van der Waals surface area contributed by atoms with Gasteiger partial charge < -0.3 is 19.5 Å². The Hall–Kier alpha value is -4.42. The van der Waals surface area contributed by atoms with Crippen molar-refractivity contribution in [2.45, 2.75) is 46.7 Å². The average Bonchev–Trinajstić information content (AvgIpc) is 3.47. The normalized spacial score (nSPS) is 16.6. The first-order valence-corrected chi connectivity index (χ1v) is 14.3. The van der Waals surface area contributed by atoms with Gasteiger partial charge in [0.2, 0.25) is 0 Å². The van der Waals surface area contributed by atoms with Crippen LogP contribution in [-0.4, -0.2) is 14.7 Å². The molecule has 5 nitrogen and oxygen atoms in total. The van der Waals surface area contributed by atoms with Crippen molar-refractivity contribution in [1.29, 1.82) is 0 Å². The highest BCUT2D eigenvalue weighted by Gasteiger charge is 2.42. The third kappa shape index (κ3) is 5.00. The minimum Gasteiger partial charge on any atom is -0.457 e. The lowest BCUT2D eigenvalue weighted by Gasteiger charge is -2.28. The fourth-order valence-corrected chi connectivity index (χ4v) is 6.19. The molecule has 5 aromatic rings. The first kappa shape index (κ1) is 26.8. The van der Waals surface area contributed by atoms with Crippen LogP contribution in [0.2, 0.25) is 0 Å². The van der Waals surface area contributed by atoms with Gasteiger partial charge in [-0.3, -0.25) is 4.98 Å². The Bertz CT molecular complexity index is 1730. The summed E-state index contributed by atoms with van der Waals surface area (Å²) in [5.41, 5.74) is 10.3. The van der Waals surface area contributed by atoms with Gasteiger partial charge in [-0.05, 0) is 124 Å². The van der Waals surface area contributed by atoms with Crippen LogP contribution < -0.4 is 15.0 Å². The number of anilines is 1. The fourth-order valence-electron chi connectivity index (χ4n) is 5.84. The molecule has 1 N–H and O–H groups in total. The molecule has 0 aliphatic carbocycles. The number of nitrogens with zero attached hydrogens (tertiary/aromatic N) is 3. The van der Waals surface area contributed by atoms with E-state index in [2.05, 4.69) is 97.9 Å². The second-order valence-corrected chi connectivity index (χ2v) is 11.2. The molecule has 1 saturated heterocycles. The van der Waals surface area contributed by atoms with E-state index in [9.17, 15) is 0 Å². The van der Waals surface area contributed by atoms with Crippen molar-refractivity contribution in [2.24, 2.45) is 0 Å². The van der Waals surface area contributed by atoms with Crippen molar-refractivity contribution in [3.8, 4) is 17.2 Å². The van der Waals surface area contributed by atoms with Gasteiger partial charge in [0.25, 0.3) is 0 Å². The maximum absolute atomic E-state index is 6.18. The Morgan fingerprint density at radius 1 is 0.805 bits per heavy atom. The van der Waals surface area contributed by atoms with Crippen LogP contribution in [0.25, 0.3) is 5.69 Å². The van der Waals surface area contributed by atoms with Crippen molar-refractivity contribution in [3.05, 3.63) is 137 Å². The van der Waals surface area contributed by atoms with E-state index in [-0.39, 0.29) is 12.1 Å². The number of aromatic nitrogens is 2. The lowest BCUT2D eigenvalue weighted by molar-refractivity contribution is 0.479. The van der Waals surface area contributed by atoms with E-state index < -0.39 is 0 Å². The third-order valence-electron chi connectivity index (χ3n) is 7.93. The summed E-state index contributed by atoms with van der Waals surface area (Å²) in [5.74, 6) is 1.64. The van der Waals surface area contributed by atoms with Crippen molar-refractivity contribution in [1.82, 2.24) is 14.9 Å². The predicted octanol–water partition coefficient (Wildman–Crippen LogP) is 8.38. The van der Waals surface area contributed by atoms with Crippen molar-refractivity contribution in [3.63, 3.8) is 0 Å². The van der Waals surface area contributed by atoms with Crippen LogP contribution in [0.15, 0.2) is 97.2 Å². The molecule has 3 heterocycles. The van der Waals surface area contributed by atoms with Crippen molar-refractivity contribution >= 4 is 23.0 Å². The average molecular weight is 559 g/mol. The molecule has 206 valence electrons. The Morgan fingerprint density at radius 3 is 2.29 bits per heavy atom. The van der Waals surface area contributed by atoms with Crippen LogP contribution in [0.1, 0.15) is 51.4 Å². The molecular formula is C35H34N4OS. The number of benzene rings is 3. The van der Waals surface area contributed by atoms with E-state index in [4.69, 9.17) is 21.9 Å². The first-order valence-electron chi connectivity index (χ1n) is 13.9. The molecule has 0 radical (unpaired) electrons. The number of hydrogen-bond donors (Lipinski definition) is 1. The van der Waals surface area contributed by atoms with Gasteiger partial charge in [0.1, 0.15) is 11.5 Å². The van der Waals surface area contributed by atoms with Gasteiger partial charge in [0.05, 0.1) is 17.8 Å². The summed E-state index contributed by atoms with van der Waals surface area (Å²) < 4.78 is 8.55. The largest absolute Gasteiger partial charge is 0.457 e. The number of ether oxygens (including phenoxy) is 1. The number of thiocarbonyl (C=S) groups is 1. The monoisotopic (exact) mass is 558 g/mol. The summed E-state index contributed by atoms with van der Waals surface area (Å²) in [6.45, 7) is 10.7. The molecular weight excluding hydrogens is 524 g/mol. The van der Waals surface area contributed by atoms with Gasteiger partial charge >= 0.3 is 0 Å². The molecule has 0 saturated carbocycles. The second-order valence-electron chi connectivity index (χ2n) is 10.8. The topological polar surface area (TPSA) is 42.3 Å². The zero-order valence-electron chi connectivity index (χ0n) is 24.1. The van der Waals surface area contributed by atoms with Crippen LogP contribution in [-0.2, 0) is 0 Å². The van der Waals surface area contributed by atoms with Gasteiger partial charge in [-0.15, -0.1) is 0 Å². The Balaban J connectivity index is 1.43. The van der Waals surface area contributed by atoms with Gasteiger partial charge in [-0.25, -0.2) is 0 Å².